The number of ether oxygens (including phenoxy) is 1. The summed E-state index contributed by atoms with van der Waals surface area (Å²) in [5.41, 5.74) is 3.17. The summed E-state index contributed by atoms with van der Waals surface area (Å²) < 4.78 is 43.6. The number of anilines is 1. The molecule has 2 aromatic heterocycles. The van der Waals surface area contributed by atoms with Gasteiger partial charge in [0.25, 0.3) is 0 Å². The number of nitrogens with one attached hydrogen (secondary N) is 1. The van der Waals surface area contributed by atoms with Gasteiger partial charge in [-0.1, -0.05) is 12.1 Å². The molecule has 0 bridgehead atoms. The molecule has 1 aliphatic rings. The molecule has 8 heteroatoms. The normalized spacial score (nSPS) is 13.1. The van der Waals surface area contributed by atoms with E-state index in [0.29, 0.717) is 24.4 Å². The third-order valence-corrected chi connectivity index (χ3v) is 6.78. The minimum atomic E-state index is -3.27. The van der Waals surface area contributed by atoms with Gasteiger partial charge in [-0.15, -0.1) is 0 Å². The van der Waals surface area contributed by atoms with Gasteiger partial charge in [0.2, 0.25) is 0 Å². The number of hydrogen-bond acceptors (Lipinski definition) is 6. The van der Waals surface area contributed by atoms with Crippen LogP contribution in [0.25, 0.3) is 21.9 Å². The largest absolute Gasteiger partial charge is 0.493 e. The van der Waals surface area contributed by atoms with E-state index < -0.39 is 9.84 Å². The molecule has 4 aromatic rings. The second kappa shape index (κ2) is 7.87. The zero-order chi connectivity index (χ0) is 22.3. The lowest BCUT2D eigenvalue weighted by Crippen LogP contribution is -2.07. The van der Waals surface area contributed by atoms with Crippen LogP contribution in [0.1, 0.15) is 11.1 Å². The van der Waals surface area contributed by atoms with Gasteiger partial charge in [-0.3, -0.25) is 4.98 Å². The number of nitrogens with zero attached hydrogens (tertiary/aromatic N) is 2. The highest BCUT2D eigenvalue weighted by Gasteiger charge is 2.20. The Bertz CT molecular complexity index is 1440. The van der Waals surface area contributed by atoms with E-state index in [1.807, 2.05) is 6.07 Å². The van der Waals surface area contributed by atoms with Crippen molar-refractivity contribution in [1.29, 1.82) is 0 Å². The molecule has 2 aromatic carbocycles. The smallest absolute Gasteiger partial charge is 0.175 e. The Morgan fingerprint density at radius 1 is 1.06 bits per heavy atom. The molecular weight excluding hydrogens is 429 g/mol. The van der Waals surface area contributed by atoms with Crippen LogP contribution < -0.4 is 10.1 Å². The van der Waals surface area contributed by atoms with Crippen molar-refractivity contribution in [3.8, 4) is 16.9 Å². The van der Waals surface area contributed by atoms with Crippen molar-refractivity contribution in [2.75, 3.05) is 18.2 Å². The number of hydrogen-bond donors (Lipinski definition) is 1. The Morgan fingerprint density at radius 3 is 2.66 bits per heavy atom. The number of fused-ring (bicyclic) bond motifs is 2. The lowest BCUT2D eigenvalue weighted by molar-refractivity contribution is 0.356. The molecule has 0 spiro atoms. The number of pyridine rings is 2. The quantitative estimate of drug-likeness (QED) is 0.487. The van der Waals surface area contributed by atoms with Gasteiger partial charge in [-0.2, -0.15) is 0 Å². The first kappa shape index (κ1) is 20.4. The predicted molar refractivity (Wildman–Crippen MR) is 121 cm³/mol. The number of sulfone groups is 1. The average Bonchev–Trinajstić information content (AvgIpc) is 3.27. The standard InChI is InChI=1S/C24H20FN3O3S/c1-32(29,30)16-4-2-15(3-5-16)19-13-27-24(21-12-26-10-8-17(19)21)28-14-20-18-9-11-31-23(18)7-6-22(20)25/h2-8,10,12-13H,9,11,14H2,1H3,(H,27,28). The molecule has 0 fully saturated rings. The van der Waals surface area contributed by atoms with Gasteiger partial charge in [0.15, 0.2) is 9.84 Å². The SMILES string of the molecule is CS(=O)(=O)c1ccc(-c2cnc(NCc3c(F)ccc4c3CCO4)c3cnccc23)cc1. The summed E-state index contributed by atoms with van der Waals surface area (Å²) in [6, 6.07) is 11.7. The van der Waals surface area contributed by atoms with Gasteiger partial charge in [-0.05, 0) is 41.3 Å². The monoisotopic (exact) mass is 449 g/mol. The van der Waals surface area contributed by atoms with Crippen LogP contribution in [0.5, 0.6) is 5.75 Å². The Morgan fingerprint density at radius 2 is 1.88 bits per heavy atom. The highest BCUT2D eigenvalue weighted by Crippen LogP contribution is 2.33. The molecule has 0 unspecified atom stereocenters. The summed E-state index contributed by atoms with van der Waals surface area (Å²) in [7, 11) is -3.27. The van der Waals surface area contributed by atoms with Gasteiger partial charge in [-0.25, -0.2) is 17.8 Å². The fourth-order valence-electron chi connectivity index (χ4n) is 4.02. The molecule has 32 heavy (non-hydrogen) atoms. The van der Waals surface area contributed by atoms with Crippen molar-refractivity contribution < 1.29 is 17.5 Å². The maximum absolute atomic E-state index is 14.5. The highest BCUT2D eigenvalue weighted by molar-refractivity contribution is 7.90. The fourth-order valence-corrected chi connectivity index (χ4v) is 4.65. The summed E-state index contributed by atoms with van der Waals surface area (Å²) in [5.74, 6) is 1.06. The summed E-state index contributed by atoms with van der Waals surface area (Å²) in [6.45, 7) is 0.835. The number of aromatic nitrogens is 2. The van der Waals surface area contributed by atoms with E-state index in [-0.39, 0.29) is 17.3 Å². The van der Waals surface area contributed by atoms with Crippen LogP contribution in [-0.2, 0) is 22.8 Å². The number of halogens is 1. The van der Waals surface area contributed by atoms with E-state index in [4.69, 9.17) is 4.74 Å². The van der Waals surface area contributed by atoms with Crippen LogP contribution in [0.15, 0.2) is 66.0 Å². The summed E-state index contributed by atoms with van der Waals surface area (Å²) in [5, 5.41) is 4.96. The van der Waals surface area contributed by atoms with Crippen LogP contribution >= 0.6 is 0 Å². The minimum absolute atomic E-state index is 0.264. The predicted octanol–water partition coefficient (Wildman–Crippen LogP) is 4.39. The first-order valence-electron chi connectivity index (χ1n) is 10.1. The van der Waals surface area contributed by atoms with Crippen LogP contribution in [-0.4, -0.2) is 31.2 Å². The molecule has 0 amide bonds. The van der Waals surface area contributed by atoms with Crippen LogP contribution in [0, 0.1) is 5.82 Å². The Kier molecular flexibility index (Phi) is 5.01. The first-order valence-corrected chi connectivity index (χ1v) is 12.0. The van der Waals surface area contributed by atoms with Crippen molar-refractivity contribution in [2.24, 2.45) is 0 Å². The van der Waals surface area contributed by atoms with E-state index in [0.717, 1.165) is 33.2 Å². The summed E-state index contributed by atoms with van der Waals surface area (Å²) in [6.07, 6.45) is 7.01. The summed E-state index contributed by atoms with van der Waals surface area (Å²) in [4.78, 5) is 9.07. The van der Waals surface area contributed by atoms with Gasteiger partial charge in [0.1, 0.15) is 17.4 Å². The highest BCUT2D eigenvalue weighted by atomic mass is 32.2. The van der Waals surface area contributed by atoms with Crippen molar-refractivity contribution >= 4 is 26.4 Å². The molecule has 3 heterocycles. The van der Waals surface area contributed by atoms with Gasteiger partial charge < -0.3 is 10.1 Å². The van der Waals surface area contributed by atoms with E-state index in [2.05, 4.69) is 15.3 Å². The van der Waals surface area contributed by atoms with Crippen LogP contribution in [0.4, 0.5) is 10.2 Å². The molecule has 0 radical (unpaired) electrons. The average molecular weight is 450 g/mol. The second-order valence-corrected chi connectivity index (χ2v) is 9.71. The third-order valence-electron chi connectivity index (χ3n) is 5.66. The van der Waals surface area contributed by atoms with E-state index in [9.17, 15) is 12.8 Å². The molecule has 0 aliphatic carbocycles. The van der Waals surface area contributed by atoms with Gasteiger partial charge in [0.05, 0.1) is 11.5 Å². The van der Waals surface area contributed by atoms with E-state index >= 15 is 0 Å². The van der Waals surface area contributed by atoms with E-state index in [1.165, 1.54) is 12.3 Å². The van der Waals surface area contributed by atoms with Crippen LogP contribution in [0.3, 0.4) is 0 Å². The second-order valence-electron chi connectivity index (χ2n) is 7.69. The Hall–Kier alpha value is -3.52. The lowest BCUT2D eigenvalue weighted by Gasteiger charge is -2.14. The number of rotatable bonds is 5. The maximum atomic E-state index is 14.5. The molecule has 0 saturated heterocycles. The van der Waals surface area contributed by atoms with Crippen molar-refractivity contribution in [3.63, 3.8) is 0 Å². The van der Waals surface area contributed by atoms with Gasteiger partial charge >= 0.3 is 0 Å². The first-order chi connectivity index (χ1) is 15.4. The van der Waals surface area contributed by atoms with Crippen molar-refractivity contribution in [2.45, 2.75) is 17.9 Å². The third kappa shape index (κ3) is 3.67. The van der Waals surface area contributed by atoms with Gasteiger partial charge in [0, 0.05) is 59.9 Å². The summed E-state index contributed by atoms with van der Waals surface area (Å²) >= 11 is 0. The lowest BCUT2D eigenvalue weighted by atomic mass is 10.0. The minimum Gasteiger partial charge on any atom is -0.493 e. The molecule has 0 atom stereocenters. The maximum Gasteiger partial charge on any atom is 0.175 e. The fraction of sp³-hybridized carbons (Fsp3) is 0.167. The van der Waals surface area contributed by atoms with E-state index in [1.54, 1.807) is 48.9 Å². The molecular formula is C24H20FN3O3S. The molecule has 1 aliphatic heterocycles. The topological polar surface area (TPSA) is 81.2 Å². The van der Waals surface area contributed by atoms with Crippen molar-refractivity contribution in [3.05, 3.63) is 78.0 Å². The van der Waals surface area contributed by atoms with Crippen LogP contribution in [0.2, 0.25) is 0 Å². The molecule has 0 saturated carbocycles. The zero-order valence-corrected chi connectivity index (χ0v) is 18.1. The molecule has 5 rings (SSSR count). The van der Waals surface area contributed by atoms with Crippen molar-refractivity contribution in [1.82, 2.24) is 9.97 Å². The molecule has 6 nitrogen and oxygen atoms in total. The Balaban J connectivity index is 1.50. The number of benzene rings is 2. The Labute approximate surface area is 185 Å². The molecule has 162 valence electrons. The zero-order valence-electron chi connectivity index (χ0n) is 17.3. The molecule has 1 N–H and O–H groups in total.